The monoisotopic (exact) mass is 460 g/mol. The minimum atomic E-state index is -0.193. The average molecular weight is 461 g/mol. The molecular weight excluding hydrogens is 440 g/mol. The van der Waals surface area contributed by atoms with E-state index >= 15 is 0 Å². The number of carbonyl (C=O) groups excluding carboxylic acids is 1. The maximum Gasteiger partial charge on any atom is 0.309 e. The predicted octanol–water partition coefficient (Wildman–Crippen LogP) is 3.40. The van der Waals surface area contributed by atoms with E-state index < -0.39 is 0 Å². The van der Waals surface area contributed by atoms with Crippen LogP contribution in [0.3, 0.4) is 0 Å². The molecule has 1 saturated carbocycles. The molecule has 0 aliphatic heterocycles. The van der Waals surface area contributed by atoms with Crippen molar-refractivity contribution < 1.29 is 19.0 Å². The number of esters is 1. The van der Waals surface area contributed by atoms with Crippen LogP contribution in [0, 0.1) is 5.92 Å². The number of rotatable bonds is 7. The standard InChI is InChI=1S/C20H21BrN4O4/c1-27-12-5-4-11(15(8-12)28-2)10-23-18-16-17(21)24-19(25(16)7-6-22-18)13-9-14(13)20(26)29-3/h4-8,13-14H,9-10H2,1-3H3,(H,22,23)/t13-,14+/m0/s1. The highest BCUT2D eigenvalue weighted by atomic mass is 79.9. The Morgan fingerprint density at radius 1 is 1.31 bits per heavy atom. The Labute approximate surface area is 176 Å². The third-order valence-electron chi connectivity index (χ3n) is 5.11. The molecule has 0 unspecified atom stereocenters. The van der Waals surface area contributed by atoms with Gasteiger partial charge in [0.15, 0.2) is 5.82 Å². The third kappa shape index (κ3) is 3.62. The Kier molecular flexibility index (Phi) is 5.31. The quantitative estimate of drug-likeness (QED) is 0.540. The molecule has 2 aromatic heterocycles. The molecule has 0 saturated heterocycles. The Bertz CT molecular complexity index is 1070. The van der Waals surface area contributed by atoms with Crippen molar-refractivity contribution in [1.82, 2.24) is 14.4 Å². The zero-order valence-electron chi connectivity index (χ0n) is 16.3. The average Bonchev–Trinajstić information content (AvgIpc) is 3.48. The normalized spacial score (nSPS) is 17.8. The lowest BCUT2D eigenvalue weighted by Gasteiger charge is -2.12. The number of benzene rings is 1. The molecule has 0 radical (unpaired) electrons. The maximum atomic E-state index is 11.8. The number of nitrogens with zero attached hydrogens (tertiary/aromatic N) is 3. The lowest BCUT2D eigenvalue weighted by Crippen LogP contribution is -2.07. The molecule has 1 N–H and O–H groups in total. The van der Waals surface area contributed by atoms with Gasteiger partial charge in [0.1, 0.15) is 27.4 Å². The van der Waals surface area contributed by atoms with Crippen LogP contribution in [0.5, 0.6) is 11.5 Å². The molecule has 29 heavy (non-hydrogen) atoms. The molecule has 2 heterocycles. The third-order valence-corrected chi connectivity index (χ3v) is 5.66. The van der Waals surface area contributed by atoms with E-state index in [0.717, 1.165) is 34.8 Å². The predicted molar refractivity (Wildman–Crippen MR) is 110 cm³/mol. The van der Waals surface area contributed by atoms with Crippen LogP contribution in [0.15, 0.2) is 35.2 Å². The fourth-order valence-electron chi connectivity index (χ4n) is 3.48. The first-order valence-corrected chi connectivity index (χ1v) is 9.91. The Morgan fingerprint density at radius 3 is 2.86 bits per heavy atom. The van der Waals surface area contributed by atoms with E-state index in [1.165, 1.54) is 7.11 Å². The Balaban J connectivity index is 1.60. The van der Waals surface area contributed by atoms with Gasteiger partial charge in [0.2, 0.25) is 0 Å². The lowest BCUT2D eigenvalue weighted by atomic mass is 10.2. The highest BCUT2D eigenvalue weighted by molar-refractivity contribution is 9.10. The summed E-state index contributed by atoms with van der Waals surface area (Å²) in [6, 6.07) is 5.69. The van der Waals surface area contributed by atoms with E-state index in [1.54, 1.807) is 20.4 Å². The first-order chi connectivity index (χ1) is 14.1. The minimum absolute atomic E-state index is 0.0539. The molecule has 0 bridgehead atoms. The molecule has 3 aromatic rings. The van der Waals surface area contributed by atoms with E-state index in [-0.39, 0.29) is 17.8 Å². The molecule has 2 atom stereocenters. The number of ether oxygens (including phenoxy) is 3. The van der Waals surface area contributed by atoms with Crippen molar-refractivity contribution in [3.63, 3.8) is 0 Å². The second-order valence-corrected chi connectivity index (χ2v) is 7.51. The number of hydrogen-bond acceptors (Lipinski definition) is 7. The summed E-state index contributed by atoms with van der Waals surface area (Å²) < 4.78 is 18.2. The van der Waals surface area contributed by atoms with Gasteiger partial charge >= 0.3 is 5.97 Å². The number of hydrogen-bond donors (Lipinski definition) is 1. The molecule has 9 heteroatoms. The van der Waals surface area contributed by atoms with Crippen molar-refractivity contribution in [2.75, 3.05) is 26.6 Å². The maximum absolute atomic E-state index is 11.8. The molecule has 0 amide bonds. The Hall–Kier alpha value is -2.81. The van der Waals surface area contributed by atoms with Gasteiger partial charge in [-0.05, 0) is 34.5 Å². The number of carbonyl (C=O) groups is 1. The molecule has 1 aliphatic rings. The fraction of sp³-hybridized carbons (Fsp3) is 0.350. The molecule has 152 valence electrons. The van der Waals surface area contributed by atoms with Crippen molar-refractivity contribution in [2.24, 2.45) is 5.92 Å². The fourth-order valence-corrected chi connectivity index (χ4v) is 4.04. The van der Waals surface area contributed by atoms with E-state index in [4.69, 9.17) is 14.2 Å². The Morgan fingerprint density at radius 2 is 2.14 bits per heavy atom. The van der Waals surface area contributed by atoms with E-state index in [1.807, 2.05) is 28.8 Å². The number of fused-ring (bicyclic) bond motifs is 1. The summed E-state index contributed by atoms with van der Waals surface area (Å²) >= 11 is 3.54. The van der Waals surface area contributed by atoms with Crippen LogP contribution in [0.1, 0.15) is 23.7 Å². The second-order valence-electron chi connectivity index (χ2n) is 6.76. The second kappa shape index (κ2) is 7.90. The first kappa shape index (κ1) is 19.5. The van der Waals surface area contributed by atoms with Gasteiger partial charge in [0.25, 0.3) is 0 Å². The van der Waals surface area contributed by atoms with Gasteiger partial charge in [-0.25, -0.2) is 9.97 Å². The summed E-state index contributed by atoms with van der Waals surface area (Å²) in [5, 5.41) is 3.36. The molecule has 1 fully saturated rings. The molecule has 0 spiro atoms. The summed E-state index contributed by atoms with van der Waals surface area (Å²) in [6.07, 6.45) is 4.31. The van der Waals surface area contributed by atoms with E-state index in [0.29, 0.717) is 17.0 Å². The van der Waals surface area contributed by atoms with E-state index in [2.05, 4.69) is 31.2 Å². The molecular formula is C20H21BrN4O4. The van der Waals surface area contributed by atoms with Crippen molar-refractivity contribution >= 4 is 33.2 Å². The van der Waals surface area contributed by atoms with Crippen LogP contribution in [0.2, 0.25) is 0 Å². The largest absolute Gasteiger partial charge is 0.497 e. The summed E-state index contributed by atoms with van der Waals surface area (Å²) in [4.78, 5) is 20.9. The van der Waals surface area contributed by atoms with Gasteiger partial charge in [-0.2, -0.15) is 0 Å². The summed E-state index contributed by atoms with van der Waals surface area (Å²) in [5.41, 5.74) is 1.80. The van der Waals surface area contributed by atoms with Crippen LogP contribution in [0.25, 0.3) is 5.52 Å². The topological polar surface area (TPSA) is 87.0 Å². The number of nitrogens with one attached hydrogen (secondary N) is 1. The highest BCUT2D eigenvalue weighted by Crippen LogP contribution is 2.48. The number of methoxy groups -OCH3 is 3. The van der Waals surface area contributed by atoms with Gasteiger partial charge in [-0.15, -0.1) is 0 Å². The van der Waals surface area contributed by atoms with E-state index in [9.17, 15) is 4.79 Å². The summed E-state index contributed by atoms with van der Waals surface area (Å²) in [7, 11) is 4.66. The SMILES string of the molecule is COC(=O)[C@@H]1C[C@@H]1c1nc(Br)c2c(NCc3ccc(OC)cc3OC)nccn12. The molecule has 8 nitrogen and oxygen atoms in total. The number of aromatic nitrogens is 3. The summed E-state index contributed by atoms with van der Waals surface area (Å²) in [6.45, 7) is 0.515. The zero-order valence-corrected chi connectivity index (χ0v) is 17.9. The first-order valence-electron chi connectivity index (χ1n) is 9.12. The number of imidazole rings is 1. The minimum Gasteiger partial charge on any atom is -0.497 e. The lowest BCUT2D eigenvalue weighted by molar-refractivity contribution is -0.142. The van der Waals surface area contributed by atoms with Gasteiger partial charge in [0, 0.05) is 36.5 Å². The van der Waals surface area contributed by atoms with Crippen LogP contribution >= 0.6 is 15.9 Å². The van der Waals surface area contributed by atoms with Gasteiger partial charge in [-0.3, -0.25) is 9.20 Å². The van der Waals surface area contributed by atoms with Gasteiger partial charge in [-0.1, -0.05) is 0 Å². The summed E-state index contributed by atoms with van der Waals surface area (Å²) in [5.74, 6) is 2.71. The van der Waals surface area contributed by atoms with Crippen molar-refractivity contribution in [1.29, 1.82) is 0 Å². The number of halogens is 1. The van der Waals surface area contributed by atoms with Crippen molar-refractivity contribution in [3.8, 4) is 11.5 Å². The van der Waals surface area contributed by atoms with Crippen LogP contribution in [0.4, 0.5) is 5.82 Å². The smallest absolute Gasteiger partial charge is 0.309 e. The van der Waals surface area contributed by atoms with Crippen LogP contribution < -0.4 is 14.8 Å². The zero-order chi connectivity index (χ0) is 20.5. The molecule has 1 aliphatic carbocycles. The molecule has 1 aromatic carbocycles. The van der Waals surface area contributed by atoms with Crippen molar-refractivity contribution in [3.05, 3.63) is 46.6 Å². The molecule has 4 rings (SSSR count). The van der Waals surface area contributed by atoms with Crippen molar-refractivity contribution in [2.45, 2.75) is 18.9 Å². The van der Waals surface area contributed by atoms with Crippen LogP contribution in [-0.4, -0.2) is 41.7 Å². The highest BCUT2D eigenvalue weighted by Gasteiger charge is 2.47. The van der Waals surface area contributed by atoms with Gasteiger partial charge < -0.3 is 19.5 Å². The number of anilines is 1. The van der Waals surface area contributed by atoms with Gasteiger partial charge in [0.05, 0.1) is 27.2 Å². The van der Waals surface area contributed by atoms with Crippen LogP contribution in [-0.2, 0) is 16.1 Å².